The average molecular weight is 246 g/mol. The molecular formula is C13H18N4O. The first-order chi connectivity index (χ1) is 8.52. The summed E-state index contributed by atoms with van der Waals surface area (Å²) in [6.45, 7) is 6.35. The van der Waals surface area contributed by atoms with Crippen molar-refractivity contribution in [3.63, 3.8) is 0 Å². The third-order valence-corrected chi connectivity index (χ3v) is 3.07. The van der Waals surface area contributed by atoms with Gasteiger partial charge in [0.2, 0.25) is 0 Å². The molecule has 0 aliphatic rings. The van der Waals surface area contributed by atoms with Gasteiger partial charge in [0, 0.05) is 30.9 Å². The smallest absolute Gasteiger partial charge is 0.166 e. The summed E-state index contributed by atoms with van der Waals surface area (Å²) in [6.07, 6.45) is 4.29. The number of aryl methyl sites for hydroxylation is 2. The molecule has 18 heavy (non-hydrogen) atoms. The van der Waals surface area contributed by atoms with Crippen LogP contribution in [0.5, 0.6) is 0 Å². The first-order valence-corrected chi connectivity index (χ1v) is 6.07. The minimum Gasteiger partial charge on any atom is -0.294 e. The number of rotatable bonds is 4. The Balaban J connectivity index is 2.32. The highest BCUT2D eigenvalue weighted by Crippen LogP contribution is 2.16. The van der Waals surface area contributed by atoms with Crippen LogP contribution in [-0.2, 0) is 13.6 Å². The van der Waals surface area contributed by atoms with Gasteiger partial charge in [-0.05, 0) is 13.8 Å². The van der Waals surface area contributed by atoms with Gasteiger partial charge < -0.3 is 0 Å². The van der Waals surface area contributed by atoms with Gasteiger partial charge in [0.15, 0.2) is 5.78 Å². The average Bonchev–Trinajstić information content (AvgIpc) is 2.84. The lowest BCUT2D eigenvalue weighted by Gasteiger charge is -2.02. The molecule has 5 nitrogen and oxygen atoms in total. The molecule has 0 N–H and O–H groups in total. The Hall–Kier alpha value is -1.91. The molecule has 0 aliphatic carbocycles. The Kier molecular flexibility index (Phi) is 3.32. The Labute approximate surface area is 106 Å². The van der Waals surface area contributed by atoms with Gasteiger partial charge in [-0.15, -0.1) is 0 Å². The van der Waals surface area contributed by atoms with Crippen molar-refractivity contribution in [2.45, 2.75) is 33.7 Å². The Bertz CT molecular complexity index is 580. The van der Waals surface area contributed by atoms with Crippen molar-refractivity contribution in [2.24, 2.45) is 7.05 Å². The van der Waals surface area contributed by atoms with Crippen LogP contribution in [0.1, 0.15) is 40.7 Å². The SMILES string of the molecule is CCC(=O)c1c(C)nn(Cc2cnn(C)c2)c1C. The van der Waals surface area contributed by atoms with Crippen LogP contribution in [0, 0.1) is 13.8 Å². The molecule has 2 heterocycles. The molecule has 96 valence electrons. The lowest BCUT2D eigenvalue weighted by atomic mass is 10.1. The summed E-state index contributed by atoms with van der Waals surface area (Å²) in [4.78, 5) is 11.9. The van der Waals surface area contributed by atoms with Crippen molar-refractivity contribution >= 4 is 5.78 Å². The van der Waals surface area contributed by atoms with Gasteiger partial charge in [0.05, 0.1) is 24.0 Å². The predicted octanol–water partition coefficient (Wildman–Crippen LogP) is 1.87. The van der Waals surface area contributed by atoms with Crippen molar-refractivity contribution in [1.82, 2.24) is 19.6 Å². The number of hydrogen-bond donors (Lipinski definition) is 0. The van der Waals surface area contributed by atoms with E-state index in [9.17, 15) is 4.79 Å². The molecule has 2 aromatic rings. The van der Waals surface area contributed by atoms with E-state index in [1.807, 2.05) is 44.9 Å². The molecule has 0 aromatic carbocycles. The van der Waals surface area contributed by atoms with E-state index in [0.717, 1.165) is 22.5 Å². The molecule has 0 spiro atoms. The normalized spacial score (nSPS) is 10.9. The Morgan fingerprint density at radius 2 is 2.11 bits per heavy atom. The first kappa shape index (κ1) is 12.5. The van der Waals surface area contributed by atoms with Crippen molar-refractivity contribution in [3.05, 3.63) is 34.9 Å². The van der Waals surface area contributed by atoms with Crippen molar-refractivity contribution in [1.29, 1.82) is 0 Å². The number of nitrogens with zero attached hydrogens (tertiary/aromatic N) is 4. The van der Waals surface area contributed by atoms with Gasteiger partial charge in [0.1, 0.15) is 0 Å². The van der Waals surface area contributed by atoms with E-state index in [2.05, 4.69) is 10.2 Å². The molecule has 0 radical (unpaired) electrons. The summed E-state index contributed by atoms with van der Waals surface area (Å²) in [5.74, 6) is 0.155. The number of aromatic nitrogens is 4. The predicted molar refractivity (Wildman–Crippen MR) is 68.6 cm³/mol. The van der Waals surface area contributed by atoms with E-state index in [-0.39, 0.29) is 5.78 Å². The van der Waals surface area contributed by atoms with E-state index >= 15 is 0 Å². The van der Waals surface area contributed by atoms with Crippen LogP contribution in [-0.4, -0.2) is 25.3 Å². The second kappa shape index (κ2) is 4.76. The molecule has 0 bridgehead atoms. The van der Waals surface area contributed by atoms with Crippen molar-refractivity contribution in [2.75, 3.05) is 0 Å². The molecular weight excluding hydrogens is 228 g/mol. The largest absolute Gasteiger partial charge is 0.294 e. The third kappa shape index (κ3) is 2.20. The van der Waals surface area contributed by atoms with Gasteiger partial charge in [-0.25, -0.2) is 0 Å². The fourth-order valence-corrected chi connectivity index (χ4v) is 2.16. The third-order valence-electron chi connectivity index (χ3n) is 3.07. The molecule has 0 saturated heterocycles. The van der Waals surface area contributed by atoms with Crippen molar-refractivity contribution < 1.29 is 4.79 Å². The molecule has 0 unspecified atom stereocenters. The molecule has 0 fully saturated rings. The molecule has 0 saturated carbocycles. The summed E-state index contributed by atoms with van der Waals surface area (Å²) >= 11 is 0. The van der Waals surface area contributed by atoms with E-state index < -0.39 is 0 Å². The summed E-state index contributed by atoms with van der Waals surface area (Å²) in [6, 6.07) is 0. The topological polar surface area (TPSA) is 52.7 Å². The lowest BCUT2D eigenvalue weighted by Crippen LogP contribution is -2.05. The monoisotopic (exact) mass is 246 g/mol. The highest BCUT2D eigenvalue weighted by molar-refractivity contribution is 5.97. The number of carbonyl (C=O) groups excluding carboxylic acids is 1. The number of ketones is 1. The first-order valence-electron chi connectivity index (χ1n) is 6.07. The maximum atomic E-state index is 11.9. The zero-order valence-electron chi connectivity index (χ0n) is 11.3. The van der Waals surface area contributed by atoms with Crippen LogP contribution in [0.15, 0.2) is 12.4 Å². The van der Waals surface area contributed by atoms with Crippen LogP contribution < -0.4 is 0 Å². The fraction of sp³-hybridized carbons (Fsp3) is 0.462. The summed E-state index contributed by atoms with van der Waals surface area (Å²) in [5, 5.41) is 8.57. The molecule has 0 amide bonds. The van der Waals surface area contributed by atoms with Crippen LogP contribution in [0.2, 0.25) is 0 Å². The second-order valence-electron chi connectivity index (χ2n) is 4.50. The van der Waals surface area contributed by atoms with Crippen LogP contribution in [0.4, 0.5) is 0 Å². The van der Waals surface area contributed by atoms with Crippen LogP contribution in [0.25, 0.3) is 0 Å². The van der Waals surface area contributed by atoms with Gasteiger partial charge >= 0.3 is 0 Å². The van der Waals surface area contributed by atoms with E-state index in [4.69, 9.17) is 0 Å². The van der Waals surface area contributed by atoms with Crippen LogP contribution in [0.3, 0.4) is 0 Å². The highest BCUT2D eigenvalue weighted by Gasteiger charge is 2.17. The van der Waals surface area contributed by atoms with E-state index in [1.54, 1.807) is 4.68 Å². The number of hydrogen-bond acceptors (Lipinski definition) is 3. The van der Waals surface area contributed by atoms with Gasteiger partial charge in [-0.1, -0.05) is 6.92 Å². The zero-order valence-corrected chi connectivity index (χ0v) is 11.3. The zero-order chi connectivity index (χ0) is 13.3. The molecule has 2 aromatic heterocycles. The molecule has 0 aliphatic heterocycles. The number of carbonyl (C=O) groups is 1. The van der Waals surface area contributed by atoms with Gasteiger partial charge in [-0.2, -0.15) is 10.2 Å². The molecule has 0 atom stereocenters. The van der Waals surface area contributed by atoms with Crippen LogP contribution >= 0.6 is 0 Å². The maximum Gasteiger partial charge on any atom is 0.166 e. The second-order valence-corrected chi connectivity index (χ2v) is 4.50. The quantitative estimate of drug-likeness (QED) is 0.774. The highest BCUT2D eigenvalue weighted by atomic mass is 16.1. The molecule has 2 rings (SSSR count). The summed E-state index contributed by atoms with van der Waals surface area (Å²) in [5.41, 5.74) is 3.59. The standard InChI is InChI=1S/C13H18N4O/c1-5-12(18)13-9(2)15-17(10(13)3)8-11-6-14-16(4)7-11/h6-7H,5,8H2,1-4H3. The fourth-order valence-electron chi connectivity index (χ4n) is 2.16. The van der Waals surface area contributed by atoms with Gasteiger partial charge in [-0.3, -0.25) is 14.2 Å². The summed E-state index contributed by atoms with van der Waals surface area (Å²) in [7, 11) is 1.89. The Morgan fingerprint density at radius 1 is 1.39 bits per heavy atom. The minimum absolute atomic E-state index is 0.155. The summed E-state index contributed by atoms with van der Waals surface area (Å²) < 4.78 is 3.63. The van der Waals surface area contributed by atoms with E-state index in [1.165, 1.54) is 0 Å². The lowest BCUT2D eigenvalue weighted by molar-refractivity contribution is 0.0987. The van der Waals surface area contributed by atoms with Crippen molar-refractivity contribution in [3.8, 4) is 0 Å². The Morgan fingerprint density at radius 3 is 2.67 bits per heavy atom. The minimum atomic E-state index is 0.155. The van der Waals surface area contributed by atoms with E-state index in [0.29, 0.717) is 13.0 Å². The van der Waals surface area contributed by atoms with Gasteiger partial charge in [0.25, 0.3) is 0 Å². The maximum absolute atomic E-state index is 11.9. The number of Topliss-reactive ketones (excluding diaryl/α,β-unsaturated/α-hetero) is 1. The molecule has 5 heteroatoms.